The van der Waals surface area contributed by atoms with E-state index in [1.807, 2.05) is 0 Å². The van der Waals surface area contributed by atoms with Gasteiger partial charge in [-0.2, -0.15) is 5.10 Å². The van der Waals surface area contributed by atoms with Gasteiger partial charge in [-0.3, -0.25) is 14.3 Å². The second-order valence-corrected chi connectivity index (χ2v) is 13.7. The number of esters is 1. The standard InChI is InChI=1S/C36H38F2N4O6/c1-35(2,3)47-32(44)15-22-7-12-27(13-8-22)41(19-23-5-10-26(37)11-6-23)31(43)21-42-33(45)36(48-34(42)46)17-30(38)28-16-24(9-14-29(28)36)25-18-39-40(4)20-25/h5-6,9-11,14-16,18,20,27,30H,7-8,12-13,17,19,21H2,1-4H3/t27?,30-,36+/m1/s1. The lowest BCUT2D eigenvalue weighted by molar-refractivity contribution is -0.148. The maximum atomic E-state index is 15.5. The summed E-state index contributed by atoms with van der Waals surface area (Å²) < 4.78 is 41.9. The average molecular weight is 661 g/mol. The Morgan fingerprint density at radius 3 is 2.46 bits per heavy atom. The predicted octanol–water partition coefficient (Wildman–Crippen LogP) is 6.05. The van der Waals surface area contributed by atoms with Gasteiger partial charge in [0.2, 0.25) is 11.5 Å². The normalized spacial score (nSPS) is 22.1. The van der Waals surface area contributed by atoms with Crippen molar-refractivity contribution in [2.45, 2.75) is 82.8 Å². The Kier molecular flexibility index (Phi) is 8.69. The molecule has 2 aromatic carbocycles. The summed E-state index contributed by atoms with van der Waals surface area (Å²) in [5.74, 6) is -2.14. The second kappa shape index (κ2) is 12.6. The Balaban J connectivity index is 1.21. The first-order chi connectivity index (χ1) is 22.7. The maximum absolute atomic E-state index is 15.5. The molecule has 0 bridgehead atoms. The number of halogens is 2. The third-order valence-corrected chi connectivity index (χ3v) is 9.05. The molecule has 10 nitrogen and oxygen atoms in total. The van der Waals surface area contributed by atoms with Crippen molar-refractivity contribution in [1.82, 2.24) is 19.6 Å². The first-order valence-corrected chi connectivity index (χ1v) is 16.0. The molecule has 0 radical (unpaired) electrons. The van der Waals surface area contributed by atoms with E-state index in [0.717, 1.165) is 16.0 Å². The fourth-order valence-electron chi connectivity index (χ4n) is 6.76. The van der Waals surface area contributed by atoms with Crippen molar-refractivity contribution in [1.29, 1.82) is 0 Å². The van der Waals surface area contributed by atoms with Gasteiger partial charge >= 0.3 is 12.1 Å². The first-order valence-electron chi connectivity index (χ1n) is 16.0. The number of rotatable bonds is 7. The van der Waals surface area contributed by atoms with Crippen LogP contribution in [0.3, 0.4) is 0 Å². The van der Waals surface area contributed by atoms with Crippen LogP contribution >= 0.6 is 0 Å². The van der Waals surface area contributed by atoms with Gasteiger partial charge in [0.25, 0.3) is 5.91 Å². The third-order valence-electron chi connectivity index (χ3n) is 9.05. The van der Waals surface area contributed by atoms with E-state index in [2.05, 4.69) is 5.10 Å². The summed E-state index contributed by atoms with van der Waals surface area (Å²) >= 11 is 0. The van der Waals surface area contributed by atoms with E-state index in [9.17, 15) is 23.6 Å². The molecular formula is C36H38F2N4O6. The van der Waals surface area contributed by atoms with Crippen LogP contribution in [0.4, 0.5) is 13.6 Å². The van der Waals surface area contributed by atoms with Crippen molar-refractivity contribution < 1.29 is 37.4 Å². The van der Waals surface area contributed by atoms with Crippen molar-refractivity contribution in [3.05, 3.63) is 89.0 Å². The molecule has 252 valence electrons. The molecule has 2 heterocycles. The van der Waals surface area contributed by atoms with Gasteiger partial charge in [0.15, 0.2) is 0 Å². The first kappa shape index (κ1) is 33.0. The van der Waals surface area contributed by atoms with Crippen LogP contribution in [0.25, 0.3) is 11.1 Å². The summed E-state index contributed by atoms with van der Waals surface area (Å²) in [6, 6.07) is 10.4. The number of hydrogen-bond donors (Lipinski definition) is 0. The highest BCUT2D eigenvalue weighted by Crippen LogP contribution is 2.52. The van der Waals surface area contributed by atoms with Gasteiger partial charge in [0.05, 0.1) is 6.20 Å². The number of imide groups is 1. The lowest BCUT2D eigenvalue weighted by atomic mass is 9.89. The van der Waals surface area contributed by atoms with Crippen molar-refractivity contribution in [2.24, 2.45) is 7.05 Å². The van der Waals surface area contributed by atoms with E-state index in [4.69, 9.17) is 9.47 Å². The number of nitrogens with zero attached hydrogens (tertiary/aromatic N) is 4. The summed E-state index contributed by atoms with van der Waals surface area (Å²) in [6.45, 7) is 4.90. The fourth-order valence-corrected chi connectivity index (χ4v) is 6.76. The Labute approximate surface area is 277 Å². The average Bonchev–Trinajstić information content (AvgIpc) is 3.65. The zero-order chi connectivity index (χ0) is 34.4. The highest BCUT2D eigenvalue weighted by molar-refractivity contribution is 6.06. The van der Waals surface area contributed by atoms with E-state index >= 15 is 4.39 Å². The van der Waals surface area contributed by atoms with Crippen LogP contribution in [-0.4, -0.2) is 61.6 Å². The minimum atomic E-state index is -1.87. The molecule has 1 saturated heterocycles. The van der Waals surface area contributed by atoms with Crippen molar-refractivity contribution >= 4 is 23.9 Å². The maximum Gasteiger partial charge on any atom is 0.418 e. The number of aromatic nitrogens is 2. The smallest absolute Gasteiger partial charge is 0.418 e. The Morgan fingerprint density at radius 2 is 1.81 bits per heavy atom. The van der Waals surface area contributed by atoms with Gasteiger partial charge in [-0.15, -0.1) is 0 Å². The number of fused-ring (bicyclic) bond motifs is 2. The van der Waals surface area contributed by atoms with Crippen LogP contribution in [0.5, 0.6) is 0 Å². The summed E-state index contributed by atoms with van der Waals surface area (Å²) in [4.78, 5) is 55.8. The Hall–Kier alpha value is -4.87. The molecule has 0 N–H and O–H groups in total. The van der Waals surface area contributed by atoms with Crippen molar-refractivity contribution in [3.8, 4) is 11.1 Å². The number of ether oxygens (including phenoxy) is 2. The number of amides is 3. The number of benzene rings is 2. The van der Waals surface area contributed by atoms with Gasteiger partial charge in [-0.05, 0) is 81.3 Å². The van der Waals surface area contributed by atoms with Gasteiger partial charge in [-0.1, -0.05) is 29.8 Å². The molecule has 3 amide bonds. The van der Waals surface area contributed by atoms with Crippen LogP contribution in [-0.2, 0) is 43.1 Å². The molecule has 1 saturated carbocycles. The number of hydrogen-bond acceptors (Lipinski definition) is 7. The third kappa shape index (κ3) is 6.61. The van der Waals surface area contributed by atoms with E-state index < -0.39 is 53.6 Å². The van der Waals surface area contributed by atoms with Crippen molar-refractivity contribution in [2.75, 3.05) is 6.54 Å². The summed E-state index contributed by atoms with van der Waals surface area (Å²) in [5, 5.41) is 4.16. The van der Waals surface area contributed by atoms with E-state index in [1.165, 1.54) is 18.2 Å². The van der Waals surface area contributed by atoms with Gasteiger partial charge in [0, 0.05) is 49.5 Å². The molecule has 48 heavy (non-hydrogen) atoms. The number of allylic oxidation sites excluding steroid dienone is 1. The lowest BCUT2D eigenvalue weighted by Crippen LogP contribution is -2.48. The van der Waals surface area contributed by atoms with Crippen LogP contribution in [0.1, 0.15) is 75.7 Å². The lowest BCUT2D eigenvalue weighted by Gasteiger charge is -2.36. The van der Waals surface area contributed by atoms with Crippen LogP contribution in [0.2, 0.25) is 0 Å². The van der Waals surface area contributed by atoms with Crippen LogP contribution in [0, 0.1) is 5.82 Å². The fraction of sp³-hybridized carbons (Fsp3) is 0.417. The van der Waals surface area contributed by atoms with Crippen LogP contribution < -0.4 is 0 Å². The largest absolute Gasteiger partial charge is 0.457 e. The molecular weight excluding hydrogens is 622 g/mol. The van der Waals surface area contributed by atoms with E-state index in [-0.39, 0.29) is 30.1 Å². The quantitative estimate of drug-likeness (QED) is 0.224. The van der Waals surface area contributed by atoms with Crippen molar-refractivity contribution in [3.63, 3.8) is 0 Å². The summed E-state index contributed by atoms with van der Waals surface area (Å²) in [5.41, 5.74) is 1.07. The van der Waals surface area contributed by atoms with Crippen LogP contribution in [0.15, 0.2) is 66.5 Å². The van der Waals surface area contributed by atoms with Gasteiger partial charge in [-0.25, -0.2) is 23.3 Å². The molecule has 12 heteroatoms. The van der Waals surface area contributed by atoms with Gasteiger partial charge < -0.3 is 14.4 Å². The molecule has 3 aromatic rings. The zero-order valence-corrected chi connectivity index (χ0v) is 27.4. The predicted molar refractivity (Wildman–Crippen MR) is 170 cm³/mol. The van der Waals surface area contributed by atoms with Gasteiger partial charge in [0.1, 0.15) is 24.1 Å². The molecule has 6 rings (SSSR count). The molecule has 2 fully saturated rings. The molecule has 1 aromatic heterocycles. The topological polar surface area (TPSA) is 111 Å². The minimum absolute atomic E-state index is 0.115. The molecule has 1 aliphatic heterocycles. The number of alkyl halides is 1. The molecule has 2 atom stereocenters. The second-order valence-electron chi connectivity index (χ2n) is 13.7. The molecule has 3 aliphatic rings. The summed E-state index contributed by atoms with van der Waals surface area (Å²) in [6.07, 6.45) is 4.11. The monoisotopic (exact) mass is 660 g/mol. The van der Waals surface area contributed by atoms with E-state index in [0.29, 0.717) is 36.8 Å². The SMILES string of the molecule is Cn1cc(-c2ccc3c(c2)[C@H](F)C[C@]32OC(=O)N(CC(=O)N(Cc3ccc(F)cc3)C3CCC(=CC(=O)OC(C)(C)C)CC3)C2=O)cn1. The molecule has 1 spiro atoms. The summed E-state index contributed by atoms with van der Waals surface area (Å²) in [7, 11) is 1.77. The Morgan fingerprint density at radius 1 is 1.10 bits per heavy atom. The minimum Gasteiger partial charge on any atom is -0.457 e. The number of aryl methyl sites for hydroxylation is 1. The Bertz CT molecular complexity index is 1790. The zero-order valence-electron chi connectivity index (χ0n) is 27.4. The molecule has 2 aliphatic carbocycles. The number of carbonyl (C=O) groups excluding carboxylic acids is 4. The number of carbonyl (C=O) groups is 4. The highest BCUT2D eigenvalue weighted by atomic mass is 19.1. The van der Waals surface area contributed by atoms with E-state index in [1.54, 1.807) is 80.1 Å². The molecule has 0 unspecified atom stereocenters. The highest BCUT2D eigenvalue weighted by Gasteiger charge is 2.61.